The number of rotatable bonds is 1. The normalized spacial score (nSPS) is 26.3. The molecule has 0 N–H and O–H groups in total. The van der Waals surface area contributed by atoms with E-state index < -0.39 is 23.5 Å². The lowest BCUT2D eigenvalue weighted by Gasteiger charge is -2.33. The third kappa shape index (κ3) is 1.67. The van der Waals surface area contributed by atoms with Crippen molar-refractivity contribution in [2.24, 2.45) is 0 Å². The molecule has 4 rings (SSSR count). The van der Waals surface area contributed by atoms with Gasteiger partial charge in [0.05, 0.1) is 5.56 Å². The van der Waals surface area contributed by atoms with Crippen LogP contribution in [0.2, 0.25) is 0 Å². The van der Waals surface area contributed by atoms with E-state index in [2.05, 4.69) is 0 Å². The van der Waals surface area contributed by atoms with E-state index in [-0.39, 0.29) is 6.42 Å². The topological polar surface area (TPSA) is 43.4 Å². The highest BCUT2D eigenvalue weighted by Gasteiger charge is 2.54. The van der Waals surface area contributed by atoms with Crippen LogP contribution in [0.1, 0.15) is 44.4 Å². The quantitative estimate of drug-likeness (QED) is 0.757. The minimum absolute atomic E-state index is 0.0229. The SMILES string of the molecule is O=C1O[C@H]([C@]2(F)CCc3ccccc3C2=O)c2ccccc21. The van der Waals surface area contributed by atoms with Crippen LogP contribution in [-0.2, 0) is 11.2 Å². The fourth-order valence-electron chi connectivity index (χ4n) is 3.35. The van der Waals surface area contributed by atoms with Gasteiger partial charge in [-0.05, 0) is 24.5 Å². The molecule has 3 nitrogen and oxygen atoms in total. The summed E-state index contributed by atoms with van der Waals surface area (Å²) in [6.45, 7) is 0. The summed E-state index contributed by atoms with van der Waals surface area (Å²) in [5.41, 5.74) is -0.162. The van der Waals surface area contributed by atoms with Gasteiger partial charge in [0.1, 0.15) is 0 Å². The molecule has 2 aromatic rings. The van der Waals surface area contributed by atoms with Gasteiger partial charge in [-0.15, -0.1) is 0 Å². The summed E-state index contributed by atoms with van der Waals surface area (Å²) in [6.07, 6.45) is -0.680. The van der Waals surface area contributed by atoms with E-state index in [4.69, 9.17) is 4.74 Å². The third-order valence-corrected chi connectivity index (χ3v) is 4.50. The molecule has 0 saturated carbocycles. The molecule has 110 valence electrons. The van der Waals surface area contributed by atoms with Crippen molar-refractivity contribution in [3.63, 3.8) is 0 Å². The zero-order valence-electron chi connectivity index (χ0n) is 11.7. The van der Waals surface area contributed by atoms with E-state index in [1.54, 1.807) is 36.4 Å². The highest BCUT2D eigenvalue weighted by molar-refractivity contribution is 6.06. The third-order valence-electron chi connectivity index (χ3n) is 4.50. The van der Waals surface area contributed by atoms with Crippen LogP contribution in [0.25, 0.3) is 0 Å². The zero-order valence-corrected chi connectivity index (χ0v) is 11.7. The zero-order chi connectivity index (χ0) is 15.3. The Hall–Kier alpha value is -2.49. The van der Waals surface area contributed by atoms with Crippen LogP contribution in [0.3, 0.4) is 0 Å². The molecule has 0 spiro atoms. The molecule has 0 amide bonds. The molecule has 0 radical (unpaired) electrons. The first-order valence-corrected chi connectivity index (χ1v) is 7.23. The largest absolute Gasteiger partial charge is 0.450 e. The molecule has 0 bridgehead atoms. The number of carbonyl (C=O) groups is 2. The first kappa shape index (κ1) is 13.2. The molecule has 2 aromatic carbocycles. The van der Waals surface area contributed by atoms with Gasteiger partial charge >= 0.3 is 5.97 Å². The van der Waals surface area contributed by atoms with E-state index in [0.717, 1.165) is 5.56 Å². The molecule has 0 unspecified atom stereocenters. The Morgan fingerprint density at radius 2 is 1.68 bits per heavy atom. The molecular weight excluding hydrogens is 283 g/mol. The van der Waals surface area contributed by atoms with Gasteiger partial charge in [-0.3, -0.25) is 4.79 Å². The number of cyclic esters (lactones) is 1. The second kappa shape index (κ2) is 4.50. The molecule has 1 aliphatic carbocycles. The van der Waals surface area contributed by atoms with Crippen molar-refractivity contribution >= 4 is 11.8 Å². The number of benzene rings is 2. The van der Waals surface area contributed by atoms with Crippen LogP contribution in [0, 0.1) is 0 Å². The lowest BCUT2D eigenvalue weighted by Crippen LogP contribution is -2.44. The Labute approximate surface area is 126 Å². The van der Waals surface area contributed by atoms with E-state index >= 15 is 4.39 Å². The molecule has 22 heavy (non-hydrogen) atoms. The fraction of sp³-hybridized carbons (Fsp3) is 0.222. The number of ether oxygens (including phenoxy) is 1. The van der Waals surface area contributed by atoms with Gasteiger partial charge in [0.2, 0.25) is 11.5 Å². The first-order chi connectivity index (χ1) is 10.6. The smallest absolute Gasteiger partial charge is 0.339 e. The van der Waals surface area contributed by atoms with Crippen molar-refractivity contribution in [1.29, 1.82) is 0 Å². The number of esters is 1. The van der Waals surface area contributed by atoms with Gasteiger partial charge in [-0.25, -0.2) is 9.18 Å². The fourth-order valence-corrected chi connectivity index (χ4v) is 3.35. The number of Topliss-reactive ketones (excluding diaryl/α,β-unsaturated/α-hetero) is 1. The molecule has 0 saturated heterocycles. The highest BCUT2D eigenvalue weighted by atomic mass is 19.1. The van der Waals surface area contributed by atoms with Crippen LogP contribution in [0.4, 0.5) is 4.39 Å². The predicted octanol–water partition coefficient (Wildman–Crippen LogP) is 3.44. The number of halogens is 1. The molecule has 1 heterocycles. The number of alkyl halides is 1. The van der Waals surface area contributed by atoms with Crippen LogP contribution in [0.5, 0.6) is 0 Å². The van der Waals surface area contributed by atoms with Gasteiger partial charge in [-0.1, -0.05) is 42.5 Å². The van der Waals surface area contributed by atoms with Crippen molar-refractivity contribution in [2.75, 3.05) is 0 Å². The number of hydrogen-bond donors (Lipinski definition) is 0. The number of carbonyl (C=O) groups excluding carboxylic acids is 2. The second-order valence-corrected chi connectivity index (χ2v) is 5.72. The minimum Gasteiger partial charge on any atom is -0.450 e. The second-order valence-electron chi connectivity index (χ2n) is 5.72. The number of fused-ring (bicyclic) bond motifs is 2. The van der Waals surface area contributed by atoms with Crippen molar-refractivity contribution in [2.45, 2.75) is 24.6 Å². The first-order valence-electron chi connectivity index (χ1n) is 7.23. The molecule has 2 atom stereocenters. The average Bonchev–Trinajstić information content (AvgIpc) is 2.90. The summed E-state index contributed by atoms with van der Waals surface area (Å²) >= 11 is 0. The molecule has 0 fully saturated rings. The lowest BCUT2D eigenvalue weighted by atomic mass is 9.75. The number of ketones is 1. The Bertz CT molecular complexity index is 798. The van der Waals surface area contributed by atoms with E-state index in [1.165, 1.54) is 0 Å². The van der Waals surface area contributed by atoms with E-state index in [1.807, 2.05) is 12.1 Å². The molecule has 0 aromatic heterocycles. The maximum Gasteiger partial charge on any atom is 0.339 e. The summed E-state index contributed by atoms with van der Waals surface area (Å²) in [5, 5.41) is 0. The van der Waals surface area contributed by atoms with Crippen LogP contribution in [0.15, 0.2) is 48.5 Å². The van der Waals surface area contributed by atoms with Gasteiger partial charge in [-0.2, -0.15) is 0 Å². The lowest BCUT2D eigenvalue weighted by molar-refractivity contribution is -0.0226. The molecule has 4 heteroatoms. The van der Waals surface area contributed by atoms with Gasteiger partial charge < -0.3 is 4.74 Å². The molecular formula is C18H13FO3. The van der Waals surface area contributed by atoms with Gasteiger partial charge in [0.25, 0.3) is 0 Å². The van der Waals surface area contributed by atoms with Gasteiger partial charge in [0, 0.05) is 11.1 Å². The average molecular weight is 296 g/mol. The van der Waals surface area contributed by atoms with Gasteiger partial charge in [0.15, 0.2) is 6.10 Å². The summed E-state index contributed by atoms with van der Waals surface area (Å²) in [7, 11) is 0. The Balaban J connectivity index is 1.81. The maximum atomic E-state index is 15.6. The van der Waals surface area contributed by atoms with Crippen LogP contribution < -0.4 is 0 Å². The van der Waals surface area contributed by atoms with E-state index in [9.17, 15) is 9.59 Å². The van der Waals surface area contributed by atoms with Crippen molar-refractivity contribution in [3.05, 3.63) is 70.8 Å². The maximum absolute atomic E-state index is 15.6. The monoisotopic (exact) mass is 296 g/mol. The van der Waals surface area contributed by atoms with Crippen LogP contribution >= 0.6 is 0 Å². The summed E-state index contributed by atoms with van der Waals surface area (Å²) in [6, 6.07) is 13.7. The van der Waals surface area contributed by atoms with Crippen molar-refractivity contribution in [3.8, 4) is 0 Å². The number of hydrogen-bond acceptors (Lipinski definition) is 3. The minimum atomic E-state index is -2.20. The highest BCUT2D eigenvalue weighted by Crippen LogP contribution is 2.46. The number of aryl methyl sites for hydroxylation is 1. The molecule has 1 aliphatic heterocycles. The van der Waals surface area contributed by atoms with Crippen molar-refractivity contribution < 1.29 is 18.7 Å². The summed E-state index contributed by atoms with van der Waals surface area (Å²) in [5.74, 6) is -1.16. The summed E-state index contributed by atoms with van der Waals surface area (Å²) in [4.78, 5) is 24.6. The Kier molecular flexibility index (Phi) is 2.70. The predicted molar refractivity (Wildman–Crippen MR) is 77.5 cm³/mol. The Morgan fingerprint density at radius 3 is 2.50 bits per heavy atom. The molecule has 2 aliphatic rings. The van der Waals surface area contributed by atoms with Crippen LogP contribution in [-0.4, -0.2) is 17.4 Å². The van der Waals surface area contributed by atoms with E-state index in [0.29, 0.717) is 23.1 Å². The Morgan fingerprint density at radius 1 is 1.00 bits per heavy atom. The van der Waals surface area contributed by atoms with Crippen molar-refractivity contribution in [1.82, 2.24) is 0 Å². The standard InChI is InChI=1S/C18H13FO3/c19-18(10-9-11-5-1-2-6-12(11)15(18)20)16-13-7-3-4-8-14(13)17(21)22-16/h1-8,16H,9-10H2/t16-,18-/m0/s1. The summed E-state index contributed by atoms with van der Waals surface area (Å²) < 4.78 is 20.8.